The van der Waals surface area contributed by atoms with E-state index < -0.39 is 0 Å². The molecule has 0 saturated heterocycles. The zero-order valence-electron chi connectivity index (χ0n) is 7.12. The zero-order valence-corrected chi connectivity index (χ0v) is 8.71. The second-order valence-corrected chi connectivity index (χ2v) is 3.51. The van der Waals surface area contributed by atoms with Crippen LogP contribution in [0.2, 0.25) is 0 Å². The molecule has 0 aliphatic carbocycles. The molecule has 3 heteroatoms. The number of ether oxygens (including phenoxy) is 1. The highest BCUT2D eigenvalue weighted by atomic mass is 79.9. The predicted molar refractivity (Wildman–Crippen MR) is 56.0 cm³/mol. The Morgan fingerprint density at radius 2 is 2.15 bits per heavy atom. The molecule has 1 aromatic heterocycles. The van der Waals surface area contributed by atoms with E-state index >= 15 is 0 Å². The van der Waals surface area contributed by atoms with Crippen molar-refractivity contribution in [3.63, 3.8) is 0 Å². The number of nitrogens with zero attached hydrogens (tertiary/aromatic N) is 1. The van der Waals surface area contributed by atoms with Gasteiger partial charge in [0.2, 0.25) is 5.88 Å². The SMILES string of the molecule is COc1nccc2cccc(Br)c12. The van der Waals surface area contributed by atoms with Gasteiger partial charge in [0, 0.05) is 10.7 Å². The zero-order chi connectivity index (χ0) is 9.26. The van der Waals surface area contributed by atoms with E-state index in [2.05, 4.69) is 20.9 Å². The van der Waals surface area contributed by atoms with Crippen molar-refractivity contribution in [3.05, 3.63) is 34.9 Å². The van der Waals surface area contributed by atoms with Crippen LogP contribution < -0.4 is 4.74 Å². The molecule has 0 amide bonds. The molecule has 1 aromatic carbocycles. The summed E-state index contributed by atoms with van der Waals surface area (Å²) in [6.07, 6.45) is 1.74. The Bertz CT molecular complexity index is 437. The van der Waals surface area contributed by atoms with Crippen molar-refractivity contribution in [1.29, 1.82) is 0 Å². The Balaban J connectivity index is 2.87. The third-order valence-electron chi connectivity index (χ3n) is 1.90. The number of fused-ring (bicyclic) bond motifs is 1. The van der Waals surface area contributed by atoms with Crippen LogP contribution >= 0.6 is 15.9 Å². The average molecular weight is 238 g/mol. The molecule has 13 heavy (non-hydrogen) atoms. The van der Waals surface area contributed by atoms with Crippen LogP contribution in [-0.4, -0.2) is 12.1 Å². The van der Waals surface area contributed by atoms with Gasteiger partial charge >= 0.3 is 0 Å². The van der Waals surface area contributed by atoms with Crippen LogP contribution in [0.15, 0.2) is 34.9 Å². The number of methoxy groups -OCH3 is 1. The molecule has 0 fully saturated rings. The Hall–Kier alpha value is -1.09. The van der Waals surface area contributed by atoms with Gasteiger partial charge in [-0.05, 0) is 33.4 Å². The highest BCUT2D eigenvalue weighted by molar-refractivity contribution is 9.10. The molecule has 0 aliphatic rings. The van der Waals surface area contributed by atoms with E-state index in [4.69, 9.17) is 4.74 Å². The van der Waals surface area contributed by atoms with Crippen molar-refractivity contribution in [2.24, 2.45) is 0 Å². The Kier molecular flexibility index (Phi) is 2.19. The van der Waals surface area contributed by atoms with Gasteiger partial charge in [0.15, 0.2) is 0 Å². The number of rotatable bonds is 1. The van der Waals surface area contributed by atoms with Crippen LogP contribution in [0.25, 0.3) is 10.8 Å². The van der Waals surface area contributed by atoms with Crippen molar-refractivity contribution in [1.82, 2.24) is 4.98 Å². The summed E-state index contributed by atoms with van der Waals surface area (Å²) in [4.78, 5) is 4.13. The fourth-order valence-corrected chi connectivity index (χ4v) is 1.86. The smallest absolute Gasteiger partial charge is 0.222 e. The van der Waals surface area contributed by atoms with Crippen molar-refractivity contribution in [3.8, 4) is 5.88 Å². The molecule has 0 atom stereocenters. The molecule has 0 unspecified atom stereocenters. The number of hydrogen-bond acceptors (Lipinski definition) is 2. The quantitative estimate of drug-likeness (QED) is 0.761. The van der Waals surface area contributed by atoms with Crippen LogP contribution in [0.5, 0.6) is 5.88 Å². The maximum Gasteiger partial charge on any atom is 0.222 e. The molecule has 0 spiro atoms. The lowest BCUT2D eigenvalue weighted by atomic mass is 10.2. The normalized spacial score (nSPS) is 10.3. The van der Waals surface area contributed by atoms with Gasteiger partial charge in [0.25, 0.3) is 0 Å². The molecule has 0 bridgehead atoms. The molecule has 0 saturated carbocycles. The summed E-state index contributed by atoms with van der Waals surface area (Å²) in [6.45, 7) is 0. The minimum atomic E-state index is 0.657. The van der Waals surface area contributed by atoms with E-state index in [0.29, 0.717) is 5.88 Å². The lowest BCUT2D eigenvalue weighted by molar-refractivity contribution is 0.403. The van der Waals surface area contributed by atoms with E-state index in [-0.39, 0.29) is 0 Å². The number of pyridine rings is 1. The van der Waals surface area contributed by atoms with Crippen LogP contribution in [0, 0.1) is 0 Å². The summed E-state index contributed by atoms with van der Waals surface area (Å²) in [7, 11) is 1.63. The Labute approximate surface area is 84.7 Å². The molecule has 1 heterocycles. The summed E-state index contributed by atoms with van der Waals surface area (Å²) in [6, 6.07) is 7.96. The fraction of sp³-hybridized carbons (Fsp3) is 0.100. The molecule has 0 N–H and O–H groups in total. The summed E-state index contributed by atoms with van der Waals surface area (Å²) in [5.74, 6) is 0.657. The molecule has 2 nitrogen and oxygen atoms in total. The van der Waals surface area contributed by atoms with E-state index in [1.54, 1.807) is 13.3 Å². The second-order valence-electron chi connectivity index (χ2n) is 2.66. The lowest BCUT2D eigenvalue weighted by Crippen LogP contribution is -1.88. The van der Waals surface area contributed by atoms with Crippen molar-refractivity contribution in [2.75, 3.05) is 7.11 Å². The fourth-order valence-electron chi connectivity index (χ4n) is 1.31. The molecular weight excluding hydrogens is 230 g/mol. The van der Waals surface area contributed by atoms with E-state index in [1.165, 1.54) is 0 Å². The van der Waals surface area contributed by atoms with Gasteiger partial charge in [0.1, 0.15) is 0 Å². The van der Waals surface area contributed by atoms with E-state index in [1.807, 2.05) is 24.3 Å². The van der Waals surface area contributed by atoms with E-state index in [0.717, 1.165) is 15.2 Å². The van der Waals surface area contributed by atoms with Gasteiger partial charge in [-0.25, -0.2) is 4.98 Å². The molecule has 0 radical (unpaired) electrons. The highest BCUT2D eigenvalue weighted by Gasteiger charge is 2.04. The molecule has 0 aliphatic heterocycles. The topological polar surface area (TPSA) is 22.1 Å². The van der Waals surface area contributed by atoms with Gasteiger partial charge < -0.3 is 4.74 Å². The van der Waals surface area contributed by atoms with Gasteiger partial charge in [-0.2, -0.15) is 0 Å². The van der Waals surface area contributed by atoms with Gasteiger partial charge in [-0.1, -0.05) is 12.1 Å². The largest absolute Gasteiger partial charge is 0.481 e. The number of hydrogen-bond donors (Lipinski definition) is 0. The van der Waals surface area contributed by atoms with Crippen molar-refractivity contribution < 1.29 is 4.74 Å². The highest BCUT2D eigenvalue weighted by Crippen LogP contribution is 2.29. The first-order valence-electron chi connectivity index (χ1n) is 3.90. The van der Waals surface area contributed by atoms with Gasteiger partial charge in [0.05, 0.1) is 12.5 Å². The first-order valence-corrected chi connectivity index (χ1v) is 4.69. The monoisotopic (exact) mass is 237 g/mol. The Morgan fingerprint density at radius 1 is 1.31 bits per heavy atom. The predicted octanol–water partition coefficient (Wildman–Crippen LogP) is 3.01. The lowest BCUT2D eigenvalue weighted by Gasteiger charge is -2.04. The maximum atomic E-state index is 5.17. The Morgan fingerprint density at radius 3 is 2.92 bits per heavy atom. The first kappa shape index (κ1) is 8.51. The van der Waals surface area contributed by atoms with E-state index in [9.17, 15) is 0 Å². The standard InChI is InChI=1S/C10H8BrNO/c1-13-10-9-7(5-6-12-10)3-2-4-8(9)11/h2-6H,1H3. The minimum Gasteiger partial charge on any atom is -0.481 e. The third kappa shape index (κ3) is 1.40. The number of benzene rings is 1. The van der Waals surface area contributed by atoms with Crippen LogP contribution in [0.3, 0.4) is 0 Å². The minimum absolute atomic E-state index is 0.657. The summed E-state index contributed by atoms with van der Waals surface area (Å²) < 4.78 is 6.18. The number of aromatic nitrogens is 1. The van der Waals surface area contributed by atoms with Crippen LogP contribution in [-0.2, 0) is 0 Å². The van der Waals surface area contributed by atoms with Gasteiger partial charge in [-0.15, -0.1) is 0 Å². The summed E-state index contributed by atoms with van der Waals surface area (Å²) in [5, 5.41) is 2.15. The van der Waals surface area contributed by atoms with Crippen molar-refractivity contribution in [2.45, 2.75) is 0 Å². The molecular formula is C10H8BrNO. The summed E-state index contributed by atoms with van der Waals surface area (Å²) in [5.41, 5.74) is 0. The third-order valence-corrected chi connectivity index (χ3v) is 2.56. The van der Waals surface area contributed by atoms with Crippen molar-refractivity contribution >= 4 is 26.7 Å². The molecule has 2 aromatic rings. The molecule has 66 valence electrons. The average Bonchev–Trinajstić information content (AvgIpc) is 2.17. The second kappa shape index (κ2) is 3.34. The van der Waals surface area contributed by atoms with Crippen LogP contribution in [0.1, 0.15) is 0 Å². The molecule has 2 rings (SSSR count). The summed E-state index contributed by atoms with van der Waals surface area (Å²) >= 11 is 3.47. The van der Waals surface area contributed by atoms with Gasteiger partial charge in [-0.3, -0.25) is 0 Å². The maximum absolute atomic E-state index is 5.17. The number of halogens is 1. The first-order chi connectivity index (χ1) is 6.33. The van der Waals surface area contributed by atoms with Crippen LogP contribution in [0.4, 0.5) is 0 Å².